The maximum atomic E-state index is 13.0. The lowest BCUT2D eigenvalue weighted by Gasteiger charge is -2.23. The summed E-state index contributed by atoms with van der Waals surface area (Å²) in [6, 6.07) is 8.01. The summed E-state index contributed by atoms with van der Waals surface area (Å²) in [5.74, 6) is -0.794. The second kappa shape index (κ2) is 13.3. The molecule has 1 saturated heterocycles. The predicted molar refractivity (Wildman–Crippen MR) is 121 cm³/mol. The largest absolute Gasteiger partial charge is 0.445 e. The lowest BCUT2D eigenvalue weighted by Crippen LogP contribution is -2.49. The zero-order chi connectivity index (χ0) is 23.3. The molecule has 174 valence electrons. The van der Waals surface area contributed by atoms with Crippen molar-refractivity contribution >= 4 is 23.7 Å². The molecule has 1 aromatic carbocycles. The fourth-order valence-electron chi connectivity index (χ4n) is 3.48. The second-order valence-electron chi connectivity index (χ2n) is 8.00. The lowest BCUT2D eigenvalue weighted by molar-refractivity contribution is -0.125. The minimum Gasteiger partial charge on any atom is -0.445 e. The molecule has 1 heterocycles. The van der Waals surface area contributed by atoms with Gasteiger partial charge in [-0.3, -0.25) is 14.4 Å². The van der Waals surface area contributed by atoms with Crippen LogP contribution in [0.15, 0.2) is 42.5 Å². The van der Waals surface area contributed by atoms with Gasteiger partial charge in [-0.05, 0) is 37.8 Å². The van der Waals surface area contributed by atoms with E-state index in [1.807, 2.05) is 37.3 Å². The third kappa shape index (κ3) is 8.91. The minimum absolute atomic E-state index is 0.0504. The molecule has 0 spiro atoms. The van der Waals surface area contributed by atoms with Gasteiger partial charge in [0.2, 0.25) is 11.8 Å². The van der Waals surface area contributed by atoms with Crippen LogP contribution >= 0.6 is 0 Å². The first-order valence-corrected chi connectivity index (χ1v) is 11.1. The topological polar surface area (TPSA) is 114 Å². The fraction of sp³-hybridized carbons (Fsp3) is 0.500. The van der Waals surface area contributed by atoms with Crippen molar-refractivity contribution in [3.8, 4) is 0 Å². The van der Waals surface area contributed by atoms with E-state index >= 15 is 0 Å². The Labute approximate surface area is 189 Å². The summed E-state index contributed by atoms with van der Waals surface area (Å²) in [5, 5.41) is 8.31. The molecule has 0 bridgehead atoms. The maximum absolute atomic E-state index is 13.0. The number of benzene rings is 1. The molecule has 0 unspecified atom stereocenters. The standard InChI is InChI=1S/C24H33N3O5/c1-3-4-10-21(27-24(31)32-16-18-8-6-5-7-9-18)23(30)26-20(12-11-17(2)28)15-19-13-14-25-22(19)29/h5-9,11-12,19-21H,3-4,10,13-16H2,1-2H3,(H,25,29)(H,26,30)(H,27,31)/b12-11+/t19-,20+,21-/m0/s1. The van der Waals surface area contributed by atoms with Gasteiger partial charge in [-0.2, -0.15) is 0 Å². The quantitative estimate of drug-likeness (QED) is 0.430. The molecule has 1 aromatic rings. The van der Waals surface area contributed by atoms with E-state index in [1.165, 1.54) is 13.0 Å². The number of carbonyl (C=O) groups is 4. The van der Waals surface area contributed by atoms with Crippen molar-refractivity contribution in [3.05, 3.63) is 48.0 Å². The van der Waals surface area contributed by atoms with Gasteiger partial charge in [0.15, 0.2) is 5.78 Å². The monoisotopic (exact) mass is 443 g/mol. The van der Waals surface area contributed by atoms with E-state index < -0.39 is 18.2 Å². The van der Waals surface area contributed by atoms with Gasteiger partial charge in [-0.25, -0.2) is 4.79 Å². The summed E-state index contributed by atoms with van der Waals surface area (Å²) in [5.41, 5.74) is 0.849. The molecular formula is C24H33N3O5. The van der Waals surface area contributed by atoms with Gasteiger partial charge in [0.05, 0.1) is 0 Å². The number of hydrogen-bond acceptors (Lipinski definition) is 5. The van der Waals surface area contributed by atoms with Crippen molar-refractivity contribution in [2.45, 2.75) is 64.6 Å². The van der Waals surface area contributed by atoms with E-state index in [9.17, 15) is 19.2 Å². The summed E-state index contributed by atoms with van der Waals surface area (Å²) in [4.78, 5) is 48.6. The second-order valence-corrected chi connectivity index (χ2v) is 8.00. The highest BCUT2D eigenvalue weighted by Crippen LogP contribution is 2.17. The Kier molecular flexibility index (Phi) is 10.4. The number of unbranched alkanes of at least 4 members (excludes halogenated alkanes) is 1. The van der Waals surface area contributed by atoms with Crippen LogP contribution in [0, 0.1) is 5.92 Å². The van der Waals surface area contributed by atoms with E-state index in [0.717, 1.165) is 18.4 Å². The minimum atomic E-state index is -0.774. The normalized spacial score (nSPS) is 17.4. The van der Waals surface area contributed by atoms with Gasteiger partial charge in [-0.15, -0.1) is 0 Å². The molecule has 0 aliphatic carbocycles. The first-order chi connectivity index (χ1) is 15.4. The zero-order valence-corrected chi connectivity index (χ0v) is 18.8. The van der Waals surface area contributed by atoms with Crippen molar-refractivity contribution in [1.82, 2.24) is 16.0 Å². The molecule has 0 saturated carbocycles. The average molecular weight is 444 g/mol. The fourth-order valence-corrected chi connectivity index (χ4v) is 3.48. The van der Waals surface area contributed by atoms with Crippen molar-refractivity contribution in [2.24, 2.45) is 5.92 Å². The highest BCUT2D eigenvalue weighted by atomic mass is 16.5. The highest BCUT2D eigenvalue weighted by molar-refractivity contribution is 5.88. The number of ketones is 1. The Morgan fingerprint density at radius 1 is 1.22 bits per heavy atom. The number of amides is 3. The van der Waals surface area contributed by atoms with Gasteiger partial charge in [0.1, 0.15) is 12.6 Å². The van der Waals surface area contributed by atoms with Crippen molar-refractivity contribution < 1.29 is 23.9 Å². The number of hydrogen-bond donors (Lipinski definition) is 3. The molecule has 8 nitrogen and oxygen atoms in total. The van der Waals surface area contributed by atoms with Gasteiger partial charge < -0.3 is 20.7 Å². The van der Waals surface area contributed by atoms with Crippen LogP contribution in [-0.2, 0) is 25.7 Å². The van der Waals surface area contributed by atoms with E-state index in [4.69, 9.17) is 4.74 Å². The van der Waals surface area contributed by atoms with Crippen molar-refractivity contribution in [3.63, 3.8) is 0 Å². The molecule has 1 fully saturated rings. The molecule has 2 rings (SSSR count). The van der Waals surface area contributed by atoms with E-state index in [0.29, 0.717) is 25.8 Å². The molecule has 3 N–H and O–H groups in total. The number of ether oxygens (including phenoxy) is 1. The Morgan fingerprint density at radius 3 is 2.59 bits per heavy atom. The summed E-state index contributed by atoms with van der Waals surface area (Å²) in [7, 11) is 0. The van der Waals surface area contributed by atoms with Gasteiger partial charge >= 0.3 is 6.09 Å². The summed E-state index contributed by atoms with van der Waals surface area (Å²) < 4.78 is 5.25. The van der Waals surface area contributed by atoms with E-state index in [2.05, 4.69) is 16.0 Å². The molecule has 3 atom stereocenters. The van der Waals surface area contributed by atoms with Gasteiger partial charge in [-0.1, -0.05) is 56.2 Å². The Balaban J connectivity index is 1.99. The van der Waals surface area contributed by atoms with Crippen molar-refractivity contribution in [2.75, 3.05) is 6.54 Å². The van der Waals surface area contributed by atoms with Crippen LogP contribution in [0.3, 0.4) is 0 Å². The Hall–Kier alpha value is -3.16. The number of carbonyl (C=O) groups excluding carboxylic acids is 4. The van der Waals surface area contributed by atoms with Crippen LogP contribution in [0.4, 0.5) is 4.79 Å². The Bertz CT molecular complexity index is 809. The van der Waals surface area contributed by atoms with Crippen LogP contribution in [0.5, 0.6) is 0 Å². The zero-order valence-electron chi connectivity index (χ0n) is 18.8. The summed E-state index contributed by atoms with van der Waals surface area (Å²) in [6.45, 7) is 4.13. The number of nitrogens with one attached hydrogen (secondary N) is 3. The SMILES string of the molecule is CCCC[C@H](NC(=O)OCc1ccccc1)C(=O)N[C@H](/C=C/C(C)=O)C[C@@H]1CCNC1=O. The lowest BCUT2D eigenvalue weighted by atomic mass is 9.97. The number of alkyl carbamates (subject to hydrolysis) is 1. The molecule has 1 aliphatic heterocycles. The van der Waals surface area contributed by atoms with E-state index in [-0.39, 0.29) is 30.1 Å². The molecule has 8 heteroatoms. The van der Waals surface area contributed by atoms with Gasteiger partial charge in [0, 0.05) is 18.5 Å². The van der Waals surface area contributed by atoms with Crippen LogP contribution in [0.25, 0.3) is 0 Å². The Morgan fingerprint density at radius 2 is 1.97 bits per heavy atom. The van der Waals surface area contributed by atoms with Crippen LogP contribution in [-0.4, -0.2) is 42.3 Å². The third-order valence-corrected chi connectivity index (χ3v) is 5.26. The maximum Gasteiger partial charge on any atom is 0.408 e. The van der Waals surface area contributed by atoms with Crippen molar-refractivity contribution in [1.29, 1.82) is 0 Å². The average Bonchev–Trinajstić information content (AvgIpc) is 3.18. The molecule has 1 aliphatic rings. The highest BCUT2D eigenvalue weighted by Gasteiger charge is 2.29. The van der Waals surface area contributed by atoms with Gasteiger partial charge in [0.25, 0.3) is 0 Å². The summed E-state index contributed by atoms with van der Waals surface area (Å²) in [6.07, 6.45) is 5.46. The molecular weight excluding hydrogens is 410 g/mol. The third-order valence-electron chi connectivity index (χ3n) is 5.26. The molecule has 0 radical (unpaired) electrons. The molecule has 0 aromatic heterocycles. The summed E-state index contributed by atoms with van der Waals surface area (Å²) >= 11 is 0. The van der Waals surface area contributed by atoms with Crippen LogP contribution < -0.4 is 16.0 Å². The smallest absolute Gasteiger partial charge is 0.408 e. The molecule has 3 amide bonds. The first kappa shape index (κ1) is 25.1. The van der Waals surface area contributed by atoms with Crippen LogP contribution in [0.2, 0.25) is 0 Å². The molecule has 32 heavy (non-hydrogen) atoms. The van der Waals surface area contributed by atoms with Crippen LogP contribution in [0.1, 0.15) is 51.5 Å². The predicted octanol–water partition coefficient (Wildman–Crippen LogP) is 2.63. The van der Waals surface area contributed by atoms with E-state index in [1.54, 1.807) is 6.08 Å². The number of allylic oxidation sites excluding steroid dienone is 1. The first-order valence-electron chi connectivity index (χ1n) is 11.1. The number of rotatable bonds is 12.